The number of rotatable bonds is 2. The molecule has 2 rings (SSSR count). The van der Waals surface area contributed by atoms with E-state index in [4.69, 9.17) is 0 Å². The van der Waals surface area contributed by atoms with Gasteiger partial charge in [0.25, 0.3) is 0 Å². The molecule has 0 radical (unpaired) electrons. The predicted molar refractivity (Wildman–Crippen MR) is 78.2 cm³/mol. The van der Waals surface area contributed by atoms with E-state index in [1.165, 1.54) is 5.56 Å². The predicted octanol–water partition coefficient (Wildman–Crippen LogP) is 4.61. The minimum atomic E-state index is 0.0892. The third-order valence-electron chi connectivity index (χ3n) is 2.99. The Balaban J connectivity index is 2.53. The van der Waals surface area contributed by atoms with E-state index in [9.17, 15) is 4.79 Å². The fourth-order valence-corrected chi connectivity index (χ4v) is 2.71. The van der Waals surface area contributed by atoms with Gasteiger partial charge < -0.3 is 0 Å². The van der Waals surface area contributed by atoms with Crippen molar-refractivity contribution in [1.82, 2.24) is 0 Å². The number of carbonyl (C=O) groups excluding carboxylic acids is 1. The van der Waals surface area contributed by atoms with Gasteiger partial charge in [-0.25, -0.2) is 0 Å². The molecule has 0 aliphatic rings. The van der Waals surface area contributed by atoms with Crippen molar-refractivity contribution in [3.05, 3.63) is 68.7 Å². The van der Waals surface area contributed by atoms with Crippen molar-refractivity contribution in [2.45, 2.75) is 20.8 Å². The Bertz CT molecular complexity index is 591. The number of halogens is 1. The van der Waals surface area contributed by atoms with Gasteiger partial charge in [-0.3, -0.25) is 4.79 Å². The molecule has 0 fully saturated rings. The Morgan fingerprint density at radius 1 is 1.00 bits per heavy atom. The van der Waals surface area contributed by atoms with Gasteiger partial charge in [0.05, 0.1) is 0 Å². The van der Waals surface area contributed by atoms with Crippen LogP contribution in [0.5, 0.6) is 0 Å². The zero-order valence-electron chi connectivity index (χ0n) is 10.8. The smallest absolute Gasteiger partial charge is 0.193 e. The Hall–Kier alpha value is -1.41. The van der Waals surface area contributed by atoms with Gasteiger partial charge in [-0.05, 0) is 44.0 Å². The molecule has 0 aliphatic heterocycles. The molecule has 1 nitrogen and oxygen atoms in total. The summed E-state index contributed by atoms with van der Waals surface area (Å²) in [6.45, 7) is 6.03. The molecule has 0 spiro atoms. The van der Waals surface area contributed by atoms with Crippen molar-refractivity contribution < 1.29 is 4.79 Å². The lowest BCUT2D eigenvalue weighted by Gasteiger charge is -2.10. The molecular formula is C16H15BrO. The van der Waals surface area contributed by atoms with E-state index < -0.39 is 0 Å². The molecule has 0 heterocycles. The topological polar surface area (TPSA) is 17.1 Å². The molecule has 2 aromatic rings. The summed E-state index contributed by atoms with van der Waals surface area (Å²) in [5, 5.41) is 0. The zero-order chi connectivity index (χ0) is 13.3. The number of benzene rings is 2. The van der Waals surface area contributed by atoms with Crippen molar-refractivity contribution >= 4 is 21.7 Å². The van der Waals surface area contributed by atoms with Gasteiger partial charge >= 0.3 is 0 Å². The van der Waals surface area contributed by atoms with Crippen LogP contribution in [0.3, 0.4) is 0 Å². The highest BCUT2D eigenvalue weighted by Gasteiger charge is 2.14. The Labute approximate surface area is 116 Å². The number of hydrogen-bond acceptors (Lipinski definition) is 1. The van der Waals surface area contributed by atoms with Crippen molar-refractivity contribution in [3.8, 4) is 0 Å². The van der Waals surface area contributed by atoms with Crippen LogP contribution in [-0.4, -0.2) is 5.78 Å². The first-order chi connectivity index (χ1) is 8.49. The van der Waals surface area contributed by atoms with Crippen molar-refractivity contribution in [3.63, 3.8) is 0 Å². The minimum absolute atomic E-state index is 0.0892. The Morgan fingerprint density at radius 3 is 2.17 bits per heavy atom. The third kappa shape index (κ3) is 2.54. The molecule has 0 amide bonds. The summed E-state index contributed by atoms with van der Waals surface area (Å²) in [6, 6.07) is 11.6. The first-order valence-electron chi connectivity index (χ1n) is 5.87. The summed E-state index contributed by atoms with van der Waals surface area (Å²) >= 11 is 3.40. The molecule has 0 aliphatic carbocycles. The standard InChI is InChI=1S/C16H15BrO/c1-10-7-11(2)15(12(3)8-10)16(18)13-5-4-6-14(17)9-13/h4-9H,1-3H3. The van der Waals surface area contributed by atoms with Crippen LogP contribution in [-0.2, 0) is 0 Å². The van der Waals surface area contributed by atoms with E-state index in [2.05, 4.69) is 28.1 Å². The summed E-state index contributed by atoms with van der Waals surface area (Å²) in [5.41, 5.74) is 4.81. The number of ketones is 1. The maximum absolute atomic E-state index is 12.5. The highest BCUT2D eigenvalue weighted by molar-refractivity contribution is 9.10. The quantitative estimate of drug-likeness (QED) is 0.741. The summed E-state index contributed by atoms with van der Waals surface area (Å²) < 4.78 is 0.927. The maximum Gasteiger partial charge on any atom is 0.193 e. The van der Waals surface area contributed by atoms with Crippen LogP contribution >= 0.6 is 15.9 Å². The third-order valence-corrected chi connectivity index (χ3v) is 3.48. The summed E-state index contributed by atoms with van der Waals surface area (Å²) in [4.78, 5) is 12.5. The van der Waals surface area contributed by atoms with Gasteiger partial charge in [-0.1, -0.05) is 45.8 Å². The van der Waals surface area contributed by atoms with Crippen LogP contribution < -0.4 is 0 Å². The lowest BCUT2D eigenvalue weighted by molar-refractivity contribution is 0.103. The molecule has 0 bridgehead atoms. The van der Waals surface area contributed by atoms with Crippen molar-refractivity contribution in [1.29, 1.82) is 0 Å². The fourth-order valence-electron chi connectivity index (χ4n) is 2.31. The first-order valence-corrected chi connectivity index (χ1v) is 6.66. The van der Waals surface area contributed by atoms with E-state index in [-0.39, 0.29) is 5.78 Å². The van der Waals surface area contributed by atoms with E-state index in [1.807, 2.05) is 45.0 Å². The SMILES string of the molecule is Cc1cc(C)c(C(=O)c2cccc(Br)c2)c(C)c1. The van der Waals surface area contributed by atoms with Gasteiger partial charge in [0, 0.05) is 15.6 Å². The molecule has 0 unspecified atom stereocenters. The highest BCUT2D eigenvalue weighted by atomic mass is 79.9. The number of hydrogen-bond donors (Lipinski definition) is 0. The van der Waals surface area contributed by atoms with E-state index in [0.717, 1.165) is 26.7 Å². The monoisotopic (exact) mass is 302 g/mol. The molecule has 0 saturated carbocycles. The second kappa shape index (κ2) is 5.07. The molecule has 0 N–H and O–H groups in total. The van der Waals surface area contributed by atoms with Crippen LogP contribution in [0.15, 0.2) is 40.9 Å². The molecule has 0 saturated heterocycles. The van der Waals surface area contributed by atoms with Crippen LogP contribution in [0.25, 0.3) is 0 Å². The number of carbonyl (C=O) groups is 1. The molecule has 18 heavy (non-hydrogen) atoms. The lowest BCUT2D eigenvalue weighted by Crippen LogP contribution is -2.06. The second-order valence-corrected chi connectivity index (χ2v) is 5.53. The van der Waals surface area contributed by atoms with E-state index in [1.54, 1.807) is 0 Å². The first kappa shape index (κ1) is 13.0. The largest absolute Gasteiger partial charge is 0.289 e. The van der Waals surface area contributed by atoms with Gasteiger partial charge in [0.15, 0.2) is 5.78 Å². The van der Waals surface area contributed by atoms with Gasteiger partial charge in [-0.15, -0.1) is 0 Å². The Morgan fingerprint density at radius 2 is 1.61 bits per heavy atom. The average Bonchev–Trinajstić information content (AvgIpc) is 2.27. The van der Waals surface area contributed by atoms with Crippen molar-refractivity contribution in [2.24, 2.45) is 0 Å². The van der Waals surface area contributed by atoms with Crippen LogP contribution in [0.1, 0.15) is 32.6 Å². The van der Waals surface area contributed by atoms with E-state index in [0.29, 0.717) is 0 Å². The lowest BCUT2D eigenvalue weighted by atomic mass is 9.93. The van der Waals surface area contributed by atoms with Crippen molar-refractivity contribution in [2.75, 3.05) is 0 Å². The average molecular weight is 303 g/mol. The van der Waals surface area contributed by atoms with Gasteiger partial charge in [0.2, 0.25) is 0 Å². The Kier molecular flexibility index (Phi) is 3.67. The summed E-state index contributed by atoms with van der Waals surface area (Å²) in [7, 11) is 0. The summed E-state index contributed by atoms with van der Waals surface area (Å²) in [6.07, 6.45) is 0. The molecule has 92 valence electrons. The normalized spacial score (nSPS) is 10.4. The van der Waals surface area contributed by atoms with E-state index >= 15 is 0 Å². The summed E-state index contributed by atoms with van der Waals surface area (Å²) in [5.74, 6) is 0.0892. The maximum atomic E-state index is 12.5. The molecule has 2 heteroatoms. The van der Waals surface area contributed by atoms with Crippen LogP contribution in [0.2, 0.25) is 0 Å². The fraction of sp³-hybridized carbons (Fsp3) is 0.188. The van der Waals surface area contributed by atoms with Crippen LogP contribution in [0.4, 0.5) is 0 Å². The van der Waals surface area contributed by atoms with Gasteiger partial charge in [0.1, 0.15) is 0 Å². The number of aryl methyl sites for hydroxylation is 3. The molecular weight excluding hydrogens is 288 g/mol. The zero-order valence-corrected chi connectivity index (χ0v) is 12.3. The molecule has 0 atom stereocenters. The minimum Gasteiger partial charge on any atom is -0.289 e. The highest BCUT2D eigenvalue weighted by Crippen LogP contribution is 2.21. The van der Waals surface area contributed by atoms with Gasteiger partial charge in [-0.2, -0.15) is 0 Å². The molecule has 0 aromatic heterocycles. The molecule has 2 aromatic carbocycles. The van der Waals surface area contributed by atoms with Crippen LogP contribution in [0, 0.1) is 20.8 Å². The second-order valence-electron chi connectivity index (χ2n) is 4.61.